The van der Waals surface area contributed by atoms with Crippen molar-refractivity contribution in [3.05, 3.63) is 11.1 Å². The highest BCUT2D eigenvalue weighted by atomic mass is 16.4. The second-order valence-electron chi connectivity index (χ2n) is 2.99. The molecule has 0 rings (SSSR count). The van der Waals surface area contributed by atoms with Crippen LogP contribution in [0, 0.1) is 0 Å². The SMILES string of the molecule is CC(=O)CCC(C(=O)O)=C(C)C. The molecule has 0 aliphatic heterocycles. The molecule has 0 saturated heterocycles. The van der Waals surface area contributed by atoms with Gasteiger partial charge in [0.1, 0.15) is 5.78 Å². The molecule has 0 aromatic rings. The van der Waals surface area contributed by atoms with Crippen molar-refractivity contribution in [1.29, 1.82) is 0 Å². The van der Waals surface area contributed by atoms with Crippen LogP contribution < -0.4 is 0 Å². The molecule has 0 atom stereocenters. The minimum absolute atomic E-state index is 0.0231. The van der Waals surface area contributed by atoms with Crippen molar-refractivity contribution in [1.82, 2.24) is 0 Å². The molecule has 0 aliphatic carbocycles. The van der Waals surface area contributed by atoms with E-state index in [9.17, 15) is 9.59 Å². The molecule has 3 nitrogen and oxygen atoms in total. The zero-order valence-corrected chi connectivity index (χ0v) is 7.68. The summed E-state index contributed by atoms with van der Waals surface area (Å²) in [4.78, 5) is 21.2. The quantitative estimate of drug-likeness (QED) is 0.654. The van der Waals surface area contributed by atoms with Gasteiger partial charge in [0.2, 0.25) is 0 Å². The third-order valence-corrected chi connectivity index (χ3v) is 1.59. The molecule has 3 heteroatoms. The van der Waals surface area contributed by atoms with Gasteiger partial charge < -0.3 is 9.90 Å². The van der Waals surface area contributed by atoms with E-state index in [4.69, 9.17) is 5.11 Å². The highest BCUT2D eigenvalue weighted by Crippen LogP contribution is 2.10. The number of Topliss-reactive ketones (excluding diaryl/α,β-unsaturated/α-hetero) is 1. The number of hydrogen-bond donors (Lipinski definition) is 1. The van der Waals surface area contributed by atoms with Crippen LogP contribution in [0.4, 0.5) is 0 Å². The first-order chi connectivity index (χ1) is 5.45. The average Bonchev–Trinajstić information content (AvgIpc) is 1.84. The van der Waals surface area contributed by atoms with Gasteiger partial charge >= 0.3 is 5.97 Å². The van der Waals surface area contributed by atoms with Crippen LogP contribution >= 0.6 is 0 Å². The highest BCUT2D eigenvalue weighted by molar-refractivity contribution is 5.88. The van der Waals surface area contributed by atoms with Crippen LogP contribution in [0.2, 0.25) is 0 Å². The Labute approximate surface area is 72.1 Å². The topological polar surface area (TPSA) is 54.4 Å². The van der Waals surface area contributed by atoms with Gasteiger partial charge in [-0.25, -0.2) is 4.79 Å². The predicted octanol–water partition coefficient (Wildman–Crippen LogP) is 1.78. The van der Waals surface area contributed by atoms with E-state index in [1.54, 1.807) is 13.8 Å². The molecule has 0 saturated carbocycles. The Balaban J connectivity index is 4.28. The van der Waals surface area contributed by atoms with E-state index in [0.717, 1.165) is 5.57 Å². The van der Waals surface area contributed by atoms with E-state index in [1.807, 2.05) is 0 Å². The summed E-state index contributed by atoms with van der Waals surface area (Å²) < 4.78 is 0. The molecule has 0 aromatic heterocycles. The number of ketones is 1. The fourth-order valence-electron chi connectivity index (χ4n) is 0.872. The van der Waals surface area contributed by atoms with Crippen LogP contribution in [-0.4, -0.2) is 16.9 Å². The Kier molecular flexibility index (Phi) is 4.26. The highest BCUT2D eigenvalue weighted by Gasteiger charge is 2.09. The molecule has 0 aromatic carbocycles. The van der Waals surface area contributed by atoms with Gasteiger partial charge in [0.05, 0.1) is 0 Å². The number of hydrogen-bond acceptors (Lipinski definition) is 2. The lowest BCUT2D eigenvalue weighted by Gasteiger charge is -2.02. The van der Waals surface area contributed by atoms with Gasteiger partial charge in [-0.2, -0.15) is 0 Å². The first-order valence-corrected chi connectivity index (χ1v) is 3.84. The summed E-state index contributed by atoms with van der Waals surface area (Å²) in [5.41, 5.74) is 1.12. The molecule has 0 amide bonds. The molecular formula is C9H14O3. The van der Waals surface area contributed by atoms with Crippen molar-refractivity contribution < 1.29 is 14.7 Å². The largest absolute Gasteiger partial charge is 0.478 e. The Morgan fingerprint density at radius 1 is 1.08 bits per heavy atom. The smallest absolute Gasteiger partial charge is 0.331 e. The van der Waals surface area contributed by atoms with Crippen LogP contribution in [0.5, 0.6) is 0 Å². The molecule has 0 unspecified atom stereocenters. The van der Waals surface area contributed by atoms with Crippen LogP contribution in [0.3, 0.4) is 0 Å². The summed E-state index contributed by atoms with van der Waals surface area (Å²) in [5.74, 6) is -0.897. The molecule has 0 bridgehead atoms. The number of carboxylic acids is 1. The van der Waals surface area contributed by atoms with E-state index in [-0.39, 0.29) is 5.78 Å². The number of rotatable bonds is 4. The second-order valence-corrected chi connectivity index (χ2v) is 2.99. The van der Waals surface area contributed by atoms with Crippen molar-refractivity contribution in [2.24, 2.45) is 0 Å². The van der Waals surface area contributed by atoms with E-state index < -0.39 is 5.97 Å². The average molecular weight is 170 g/mol. The minimum Gasteiger partial charge on any atom is -0.478 e. The molecular weight excluding hydrogens is 156 g/mol. The minimum atomic E-state index is -0.920. The third kappa shape index (κ3) is 3.91. The summed E-state index contributed by atoms with van der Waals surface area (Å²) in [6.45, 7) is 4.94. The number of allylic oxidation sites excluding steroid dienone is 1. The molecule has 12 heavy (non-hydrogen) atoms. The number of carboxylic acid groups (broad SMARTS) is 1. The zero-order chi connectivity index (χ0) is 9.72. The molecule has 0 fully saturated rings. The van der Waals surface area contributed by atoms with Gasteiger partial charge in [-0.05, 0) is 27.2 Å². The number of carbonyl (C=O) groups excluding carboxylic acids is 1. The first-order valence-electron chi connectivity index (χ1n) is 3.84. The van der Waals surface area contributed by atoms with E-state index in [1.165, 1.54) is 6.92 Å². The van der Waals surface area contributed by atoms with E-state index in [2.05, 4.69) is 0 Å². The standard InChI is InChI=1S/C9H14O3/c1-6(2)8(9(11)12)5-4-7(3)10/h4-5H2,1-3H3,(H,11,12). The molecule has 68 valence electrons. The third-order valence-electron chi connectivity index (χ3n) is 1.59. The lowest BCUT2D eigenvalue weighted by atomic mass is 10.0. The van der Waals surface area contributed by atoms with Gasteiger partial charge in [-0.1, -0.05) is 5.57 Å². The predicted molar refractivity (Wildman–Crippen MR) is 45.9 cm³/mol. The van der Waals surface area contributed by atoms with Crippen LogP contribution in [0.1, 0.15) is 33.6 Å². The first kappa shape index (κ1) is 10.9. The molecule has 0 aliphatic rings. The summed E-state index contributed by atoms with van der Waals surface area (Å²) in [6, 6.07) is 0. The van der Waals surface area contributed by atoms with Gasteiger partial charge in [0.15, 0.2) is 0 Å². The lowest BCUT2D eigenvalue weighted by molar-refractivity contribution is -0.132. The maximum absolute atomic E-state index is 10.6. The Hall–Kier alpha value is -1.12. The molecule has 0 radical (unpaired) electrons. The van der Waals surface area contributed by atoms with Crippen molar-refractivity contribution >= 4 is 11.8 Å². The fourth-order valence-corrected chi connectivity index (χ4v) is 0.872. The molecule has 0 heterocycles. The summed E-state index contributed by atoms with van der Waals surface area (Å²) in [6.07, 6.45) is 0.653. The van der Waals surface area contributed by atoms with Gasteiger partial charge in [-0.3, -0.25) is 0 Å². The maximum Gasteiger partial charge on any atom is 0.331 e. The van der Waals surface area contributed by atoms with Crippen molar-refractivity contribution in [2.75, 3.05) is 0 Å². The summed E-state index contributed by atoms with van der Waals surface area (Å²) in [5, 5.41) is 8.69. The van der Waals surface area contributed by atoms with Crippen LogP contribution in [0.15, 0.2) is 11.1 Å². The Bertz CT molecular complexity index is 222. The van der Waals surface area contributed by atoms with Crippen molar-refractivity contribution in [2.45, 2.75) is 33.6 Å². The lowest BCUT2D eigenvalue weighted by Crippen LogP contribution is -2.04. The number of carbonyl (C=O) groups is 2. The maximum atomic E-state index is 10.6. The number of aliphatic carboxylic acids is 1. The van der Waals surface area contributed by atoms with Crippen LogP contribution in [0.25, 0.3) is 0 Å². The summed E-state index contributed by atoms with van der Waals surface area (Å²) >= 11 is 0. The van der Waals surface area contributed by atoms with Gasteiger partial charge in [-0.15, -0.1) is 0 Å². The second kappa shape index (κ2) is 4.70. The van der Waals surface area contributed by atoms with Crippen molar-refractivity contribution in [3.63, 3.8) is 0 Å². The molecule has 0 spiro atoms. The normalized spacial score (nSPS) is 9.25. The zero-order valence-electron chi connectivity index (χ0n) is 7.68. The van der Waals surface area contributed by atoms with E-state index in [0.29, 0.717) is 18.4 Å². The van der Waals surface area contributed by atoms with Gasteiger partial charge in [0.25, 0.3) is 0 Å². The van der Waals surface area contributed by atoms with Crippen molar-refractivity contribution in [3.8, 4) is 0 Å². The molecule has 1 N–H and O–H groups in total. The Morgan fingerprint density at radius 2 is 1.58 bits per heavy atom. The Morgan fingerprint density at radius 3 is 1.83 bits per heavy atom. The van der Waals surface area contributed by atoms with Crippen LogP contribution in [-0.2, 0) is 9.59 Å². The van der Waals surface area contributed by atoms with Gasteiger partial charge in [0, 0.05) is 12.0 Å². The monoisotopic (exact) mass is 170 g/mol. The van der Waals surface area contributed by atoms with E-state index >= 15 is 0 Å². The fraction of sp³-hybridized carbons (Fsp3) is 0.556. The summed E-state index contributed by atoms with van der Waals surface area (Å²) in [7, 11) is 0.